The zero-order chi connectivity index (χ0) is 17.9. The van der Waals surface area contributed by atoms with Gasteiger partial charge in [-0.1, -0.05) is 19.1 Å². The van der Waals surface area contributed by atoms with Crippen molar-refractivity contribution < 1.29 is 0 Å². The quantitative estimate of drug-likeness (QED) is 0.700. The van der Waals surface area contributed by atoms with Gasteiger partial charge in [-0.3, -0.25) is 4.90 Å². The Hall–Kier alpha value is -2.18. The van der Waals surface area contributed by atoms with Gasteiger partial charge in [-0.25, -0.2) is 15.0 Å². The molecule has 4 rings (SSSR count). The molecule has 1 atom stereocenters. The molecular formula is C20H23N5S. The number of hydrogen-bond acceptors (Lipinski definition) is 5. The molecule has 0 aliphatic carbocycles. The van der Waals surface area contributed by atoms with E-state index in [9.17, 15) is 0 Å². The highest BCUT2D eigenvalue weighted by atomic mass is 32.2. The summed E-state index contributed by atoms with van der Waals surface area (Å²) in [4.78, 5) is 20.7. The van der Waals surface area contributed by atoms with E-state index in [0.717, 1.165) is 43.1 Å². The molecule has 0 amide bonds. The summed E-state index contributed by atoms with van der Waals surface area (Å²) >= 11 is 1.77. The number of nitrogens with zero attached hydrogens (tertiary/aromatic N) is 4. The second-order valence-corrected chi connectivity index (χ2v) is 7.36. The van der Waals surface area contributed by atoms with Crippen LogP contribution in [0.15, 0.2) is 47.8 Å². The van der Waals surface area contributed by atoms with Gasteiger partial charge < -0.3 is 4.98 Å². The Morgan fingerprint density at radius 2 is 2.04 bits per heavy atom. The molecule has 3 heterocycles. The average molecular weight is 366 g/mol. The molecule has 0 fully saturated rings. The zero-order valence-electron chi connectivity index (χ0n) is 15.1. The molecule has 5 nitrogen and oxygen atoms in total. The van der Waals surface area contributed by atoms with Crippen molar-refractivity contribution in [2.45, 2.75) is 37.2 Å². The van der Waals surface area contributed by atoms with Crippen LogP contribution >= 0.6 is 11.8 Å². The molecule has 0 spiro atoms. The Morgan fingerprint density at radius 1 is 1.19 bits per heavy atom. The summed E-state index contributed by atoms with van der Waals surface area (Å²) < 4.78 is 0. The summed E-state index contributed by atoms with van der Waals surface area (Å²) in [5.74, 6) is 0.904. The maximum atomic E-state index is 4.70. The van der Waals surface area contributed by atoms with Crippen LogP contribution in [0.25, 0.3) is 0 Å². The van der Waals surface area contributed by atoms with Gasteiger partial charge in [0.1, 0.15) is 5.82 Å². The number of aryl methyl sites for hydroxylation is 1. The third-order valence-electron chi connectivity index (χ3n) is 4.90. The highest BCUT2D eigenvalue weighted by molar-refractivity contribution is 7.98. The van der Waals surface area contributed by atoms with Crippen molar-refractivity contribution in [3.05, 3.63) is 71.3 Å². The smallest absolute Gasteiger partial charge is 0.128 e. The van der Waals surface area contributed by atoms with Crippen molar-refractivity contribution in [1.29, 1.82) is 0 Å². The number of imidazole rings is 1. The molecule has 0 radical (unpaired) electrons. The van der Waals surface area contributed by atoms with Crippen molar-refractivity contribution in [3.8, 4) is 0 Å². The van der Waals surface area contributed by atoms with E-state index in [2.05, 4.69) is 57.3 Å². The summed E-state index contributed by atoms with van der Waals surface area (Å²) in [6, 6.07) is 11.0. The second kappa shape index (κ2) is 7.60. The van der Waals surface area contributed by atoms with E-state index in [1.54, 1.807) is 11.8 Å². The third kappa shape index (κ3) is 3.39. The van der Waals surface area contributed by atoms with Gasteiger partial charge in [-0.15, -0.1) is 11.8 Å². The first-order valence-corrected chi connectivity index (χ1v) is 10.2. The maximum Gasteiger partial charge on any atom is 0.128 e. The Bertz CT molecular complexity index is 874. The lowest BCUT2D eigenvalue weighted by Gasteiger charge is -2.35. The predicted octanol–water partition coefficient (Wildman–Crippen LogP) is 3.63. The molecule has 3 aromatic rings. The highest BCUT2D eigenvalue weighted by Crippen LogP contribution is 2.34. The summed E-state index contributed by atoms with van der Waals surface area (Å²) in [6.45, 7) is 3.87. The minimum atomic E-state index is 0.154. The molecule has 0 saturated carbocycles. The van der Waals surface area contributed by atoms with Gasteiger partial charge in [0.2, 0.25) is 0 Å². The van der Waals surface area contributed by atoms with Crippen LogP contribution in [0.1, 0.15) is 41.4 Å². The molecule has 134 valence electrons. The normalized spacial score (nSPS) is 17.2. The number of H-pyrrole nitrogens is 1. The van der Waals surface area contributed by atoms with E-state index >= 15 is 0 Å². The van der Waals surface area contributed by atoms with Crippen LogP contribution in [0.5, 0.6) is 0 Å². The van der Waals surface area contributed by atoms with Gasteiger partial charge >= 0.3 is 0 Å². The largest absolute Gasteiger partial charge is 0.348 e. The van der Waals surface area contributed by atoms with Gasteiger partial charge in [-0.05, 0) is 30.0 Å². The number of thioether (sulfide) groups is 1. The molecule has 2 aromatic heterocycles. The Morgan fingerprint density at radius 3 is 2.81 bits per heavy atom. The molecule has 1 aliphatic heterocycles. The second-order valence-electron chi connectivity index (χ2n) is 6.48. The fraction of sp³-hybridized carbons (Fsp3) is 0.350. The number of aromatic amines is 1. The lowest BCUT2D eigenvalue weighted by molar-refractivity contribution is 0.197. The SMILES string of the molecule is CCc1nccc(CN2CCc3[nH]cnc3[C@H]2c2ccc(SC)cc2)n1. The van der Waals surface area contributed by atoms with Gasteiger partial charge in [0.15, 0.2) is 0 Å². The number of rotatable bonds is 5. The molecule has 26 heavy (non-hydrogen) atoms. The average Bonchev–Trinajstić information content (AvgIpc) is 3.17. The van der Waals surface area contributed by atoms with Crippen molar-refractivity contribution in [1.82, 2.24) is 24.8 Å². The standard InChI is InChI=1S/C20H23N5S/c1-3-18-21-10-8-15(24-18)12-25-11-9-17-19(23-13-22-17)20(25)14-4-6-16(26-2)7-5-14/h4-8,10,13,20H,3,9,11-12H2,1-2H3,(H,22,23)/t20-/m1/s1. The molecule has 0 saturated heterocycles. The van der Waals surface area contributed by atoms with Gasteiger partial charge in [0.25, 0.3) is 0 Å². The first-order chi connectivity index (χ1) is 12.8. The number of benzene rings is 1. The summed E-state index contributed by atoms with van der Waals surface area (Å²) in [5, 5.41) is 0. The van der Waals surface area contributed by atoms with E-state index in [0.29, 0.717) is 0 Å². The highest BCUT2D eigenvalue weighted by Gasteiger charge is 2.31. The van der Waals surface area contributed by atoms with Crippen molar-refractivity contribution in [2.75, 3.05) is 12.8 Å². The van der Waals surface area contributed by atoms with Crippen molar-refractivity contribution in [3.63, 3.8) is 0 Å². The molecule has 6 heteroatoms. The van der Waals surface area contributed by atoms with E-state index in [4.69, 9.17) is 4.98 Å². The molecule has 0 unspecified atom stereocenters. The monoisotopic (exact) mass is 365 g/mol. The van der Waals surface area contributed by atoms with Gasteiger partial charge in [-0.2, -0.15) is 0 Å². The summed E-state index contributed by atoms with van der Waals surface area (Å²) in [5.41, 5.74) is 4.73. The third-order valence-corrected chi connectivity index (χ3v) is 5.64. The molecule has 1 N–H and O–H groups in total. The minimum Gasteiger partial charge on any atom is -0.348 e. The topological polar surface area (TPSA) is 57.7 Å². The zero-order valence-corrected chi connectivity index (χ0v) is 16.0. The Labute approximate surface area is 158 Å². The number of aromatic nitrogens is 4. The van der Waals surface area contributed by atoms with Crippen LogP contribution in [0, 0.1) is 0 Å². The number of fused-ring (bicyclic) bond motifs is 1. The predicted molar refractivity (Wildman–Crippen MR) is 104 cm³/mol. The van der Waals surface area contributed by atoms with Crippen molar-refractivity contribution >= 4 is 11.8 Å². The number of hydrogen-bond donors (Lipinski definition) is 1. The maximum absolute atomic E-state index is 4.70. The van der Waals surface area contributed by atoms with Gasteiger partial charge in [0.05, 0.1) is 23.8 Å². The van der Waals surface area contributed by atoms with Crippen LogP contribution in [0.2, 0.25) is 0 Å². The van der Waals surface area contributed by atoms with Crippen LogP contribution in [-0.2, 0) is 19.4 Å². The lowest BCUT2D eigenvalue weighted by Crippen LogP contribution is -2.36. The molecule has 0 bridgehead atoms. The minimum absolute atomic E-state index is 0.154. The van der Waals surface area contributed by atoms with Crippen LogP contribution in [0.3, 0.4) is 0 Å². The Kier molecular flexibility index (Phi) is 5.04. The van der Waals surface area contributed by atoms with Crippen LogP contribution in [-0.4, -0.2) is 37.6 Å². The van der Waals surface area contributed by atoms with Crippen LogP contribution in [0.4, 0.5) is 0 Å². The van der Waals surface area contributed by atoms with Crippen LogP contribution < -0.4 is 0 Å². The Balaban J connectivity index is 1.67. The van der Waals surface area contributed by atoms with E-state index in [1.807, 2.05) is 18.6 Å². The molecule has 1 aromatic carbocycles. The van der Waals surface area contributed by atoms with E-state index in [1.165, 1.54) is 16.2 Å². The van der Waals surface area contributed by atoms with E-state index in [-0.39, 0.29) is 6.04 Å². The summed E-state index contributed by atoms with van der Waals surface area (Å²) in [7, 11) is 0. The lowest BCUT2D eigenvalue weighted by atomic mass is 9.95. The number of nitrogens with one attached hydrogen (secondary N) is 1. The molecule has 1 aliphatic rings. The first kappa shape index (κ1) is 17.2. The molecular weight excluding hydrogens is 342 g/mol. The van der Waals surface area contributed by atoms with Crippen molar-refractivity contribution in [2.24, 2.45) is 0 Å². The summed E-state index contributed by atoms with van der Waals surface area (Å²) in [6.07, 6.45) is 7.64. The fourth-order valence-corrected chi connectivity index (χ4v) is 3.97. The fourth-order valence-electron chi connectivity index (χ4n) is 3.56. The van der Waals surface area contributed by atoms with Gasteiger partial charge in [0, 0.05) is 42.7 Å². The van der Waals surface area contributed by atoms with E-state index < -0.39 is 0 Å². The first-order valence-electron chi connectivity index (χ1n) is 8.99.